The molecule has 4 heteroatoms. The molecule has 1 aliphatic heterocycles. The monoisotopic (exact) mass is 254 g/mol. The summed E-state index contributed by atoms with van der Waals surface area (Å²) in [6, 6.07) is 0. The second-order valence-electron chi connectivity index (χ2n) is 6.83. The summed E-state index contributed by atoms with van der Waals surface area (Å²) in [6.45, 7) is 12.9. The fourth-order valence-corrected chi connectivity index (χ4v) is 2.22. The van der Waals surface area contributed by atoms with Crippen molar-refractivity contribution in [2.45, 2.75) is 53.5 Å². The Bertz CT molecular complexity index is 380. The van der Waals surface area contributed by atoms with E-state index in [1.54, 1.807) is 4.90 Å². The number of aliphatic hydroxyl groups excluding tert-OH is 1. The topological polar surface area (TPSA) is 66.6 Å². The van der Waals surface area contributed by atoms with Gasteiger partial charge in [0.05, 0.1) is 0 Å². The molecule has 0 spiro atoms. The summed E-state index contributed by atoms with van der Waals surface area (Å²) in [5.41, 5.74) is 5.17. The van der Waals surface area contributed by atoms with Gasteiger partial charge in [-0.1, -0.05) is 34.6 Å². The maximum absolute atomic E-state index is 12.1. The average Bonchev–Trinajstić information content (AvgIpc) is 2.39. The van der Waals surface area contributed by atoms with Crippen LogP contribution in [0.2, 0.25) is 0 Å². The first kappa shape index (κ1) is 14.9. The van der Waals surface area contributed by atoms with Gasteiger partial charge in [-0.25, -0.2) is 0 Å². The molecule has 1 amide bonds. The van der Waals surface area contributed by atoms with E-state index in [0.717, 1.165) is 6.42 Å². The first-order valence-corrected chi connectivity index (χ1v) is 6.53. The largest absolute Gasteiger partial charge is 0.507 e. The lowest BCUT2D eigenvalue weighted by molar-refractivity contribution is -0.131. The van der Waals surface area contributed by atoms with E-state index in [1.807, 2.05) is 20.8 Å². The van der Waals surface area contributed by atoms with Gasteiger partial charge in [-0.15, -0.1) is 0 Å². The molecule has 0 aromatic heterocycles. The molecule has 0 saturated carbocycles. The van der Waals surface area contributed by atoms with Crippen molar-refractivity contribution < 1.29 is 9.90 Å². The third-order valence-electron chi connectivity index (χ3n) is 3.98. The molecule has 1 unspecified atom stereocenters. The van der Waals surface area contributed by atoms with Gasteiger partial charge < -0.3 is 15.7 Å². The zero-order valence-corrected chi connectivity index (χ0v) is 12.4. The highest BCUT2D eigenvalue weighted by atomic mass is 16.3. The minimum Gasteiger partial charge on any atom is -0.507 e. The van der Waals surface area contributed by atoms with Crippen LogP contribution in [0, 0.1) is 11.3 Å². The van der Waals surface area contributed by atoms with Gasteiger partial charge in [-0.2, -0.15) is 0 Å². The van der Waals surface area contributed by atoms with Crippen molar-refractivity contribution in [3.8, 4) is 0 Å². The summed E-state index contributed by atoms with van der Waals surface area (Å²) >= 11 is 0. The molecular weight excluding hydrogens is 228 g/mol. The molecule has 1 atom stereocenters. The summed E-state index contributed by atoms with van der Waals surface area (Å²) < 4.78 is 0. The van der Waals surface area contributed by atoms with Crippen LogP contribution in [-0.2, 0) is 4.79 Å². The highest BCUT2D eigenvalue weighted by Crippen LogP contribution is 2.38. The molecule has 0 aliphatic carbocycles. The lowest BCUT2D eigenvalue weighted by Gasteiger charge is -2.40. The van der Waals surface area contributed by atoms with Crippen LogP contribution in [0.25, 0.3) is 0 Å². The van der Waals surface area contributed by atoms with E-state index < -0.39 is 5.54 Å². The van der Waals surface area contributed by atoms with Crippen molar-refractivity contribution in [2.24, 2.45) is 17.1 Å². The zero-order chi connectivity index (χ0) is 14.3. The number of hydrogen-bond acceptors (Lipinski definition) is 3. The Balaban J connectivity index is 3.01. The van der Waals surface area contributed by atoms with Crippen LogP contribution in [0.1, 0.15) is 48.0 Å². The Morgan fingerprint density at radius 2 is 1.89 bits per heavy atom. The number of amides is 1. The number of hydrogen-bond donors (Lipinski definition) is 2. The minimum atomic E-state index is -0.674. The third kappa shape index (κ3) is 2.33. The van der Waals surface area contributed by atoms with Crippen LogP contribution in [0.4, 0.5) is 0 Å². The molecule has 1 rings (SSSR count). The Labute approximate surface area is 110 Å². The number of nitrogens with two attached hydrogens (primary N) is 1. The molecule has 0 radical (unpaired) electrons. The van der Waals surface area contributed by atoms with E-state index in [0.29, 0.717) is 6.54 Å². The molecule has 3 N–H and O–H groups in total. The van der Waals surface area contributed by atoms with E-state index >= 15 is 0 Å². The van der Waals surface area contributed by atoms with E-state index in [1.165, 1.54) is 0 Å². The molecule has 0 aromatic carbocycles. The Hall–Kier alpha value is -1.19. The van der Waals surface area contributed by atoms with Gasteiger partial charge in [0.1, 0.15) is 17.0 Å². The van der Waals surface area contributed by atoms with Crippen LogP contribution < -0.4 is 5.73 Å². The Morgan fingerprint density at radius 1 is 1.39 bits per heavy atom. The van der Waals surface area contributed by atoms with Crippen molar-refractivity contribution in [2.75, 3.05) is 6.54 Å². The number of rotatable bonds is 3. The second-order valence-corrected chi connectivity index (χ2v) is 6.83. The van der Waals surface area contributed by atoms with Gasteiger partial charge in [0.2, 0.25) is 0 Å². The molecule has 18 heavy (non-hydrogen) atoms. The van der Waals surface area contributed by atoms with Gasteiger partial charge in [-0.3, -0.25) is 4.79 Å². The van der Waals surface area contributed by atoms with Crippen molar-refractivity contribution in [1.29, 1.82) is 0 Å². The van der Waals surface area contributed by atoms with Crippen molar-refractivity contribution in [1.82, 2.24) is 4.90 Å². The van der Waals surface area contributed by atoms with E-state index in [4.69, 9.17) is 5.73 Å². The summed E-state index contributed by atoms with van der Waals surface area (Å²) in [4.78, 5) is 13.9. The van der Waals surface area contributed by atoms with Crippen molar-refractivity contribution in [3.63, 3.8) is 0 Å². The fraction of sp³-hybridized carbons (Fsp3) is 0.786. The maximum Gasteiger partial charge on any atom is 0.274 e. The first-order chi connectivity index (χ1) is 8.01. The highest BCUT2D eigenvalue weighted by molar-refractivity contribution is 5.97. The van der Waals surface area contributed by atoms with Crippen LogP contribution in [0.3, 0.4) is 0 Å². The van der Waals surface area contributed by atoms with Gasteiger partial charge in [0.25, 0.3) is 5.91 Å². The lowest BCUT2D eigenvalue weighted by Crippen LogP contribution is -2.50. The minimum absolute atomic E-state index is 0.000101. The van der Waals surface area contributed by atoms with Crippen LogP contribution in [0.15, 0.2) is 11.5 Å². The van der Waals surface area contributed by atoms with E-state index in [-0.39, 0.29) is 28.7 Å². The number of nitrogens with zero attached hydrogens (tertiary/aromatic N) is 1. The number of carbonyl (C=O) groups excluding carboxylic acids is 1. The smallest absolute Gasteiger partial charge is 0.274 e. The standard InChI is InChI=1S/C14H26N2O2/c1-9(2)14(6)11(17)10(15)12(18)16(14)8-7-13(3,4)5/h9,17H,7-8,15H2,1-6H3. The molecule has 0 fully saturated rings. The lowest BCUT2D eigenvalue weighted by atomic mass is 9.85. The highest BCUT2D eigenvalue weighted by Gasteiger charge is 2.50. The number of carbonyl (C=O) groups is 1. The molecule has 0 bridgehead atoms. The van der Waals surface area contributed by atoms with Crippen LogP contribution >= 0.6 is 0 Å². The molecule has 0 aromatic rings. The molecule has 1 aliphatic rings. The molecule has 4 nitrogen and oxygen atoms in total. The predicted molar refractivity (Wildman–Crippen MR) is 72.9 cm³/mol. The number of aliphatic hydroxyl groups is 1. The Morgan fingerprint density at radius 3 is 2.28 bits per heavy atom. The summed E-state index contributed by atoms with van der Waals surface area (Å²) in [5.74, 6) is -0.105. The Kier molecular flexibility index (Phi) is 3.70. The summed E-state index contributed by atoms with van der Waals surface area (Å²) in [7, 11) is 0. The molecule has 104 valence electrons. The average molecular weight is 254 g/mol. The zero-order valence-electron chi connectivity index (χ0n) is 12.4. The van der Waals surface area contributed by atoms with E-state index in [2.05, 4.69) is 20.8 Å². The predicted octanol–water partition coefficient (Wildman–Crippen LogP) is 2.41. The molecule has 0 saturated heterocycles. The van der Waals surface area contributed by atoms with Gasteiger partial charge in [0.15, 0.2) is 0 Å². The summed E-state index contributed by atoms with van der Waals surface area (Å²) in [5, 5.41) is 10.1. The van der Waals surface area contributed by atoms with Crippen LogP contribution in [-0.4, -0.2) is 28.0 Å². The second kappa shape index (κ2) is 4.48. The van der Waals surface area contributed by atoms with Crippen molar-refractivity contribution in [3.05, 3.63) is 11.5 Å². The van der Waals surface area contributed by atoms with Crippen LogP contribution in [0.5, 0.6) is 0 Å². The van der Waals surface area contributed by atoms with Gasteiger partial charge in [-0.05, 0) is 24.7 Å². The van der Waals surface area contributed by atoms with Gasteiger partial charge in [0, 0.05) is 6.54 Å². The first-order valence-electron chi connectivity index (χ1n) is 6.53. The van der Waals surface area contributed by atoms with E-state index in [9.17, 15) is 9.90 Å². The molecule has 1 heterocycles. The maximum atomic E-state index is 12.1. The fourth-order valence-electron chi connectivity index (χ4n) is 2.22. The third-order valence-corrected chi connectivity index (χ3v) is 3.98. The summed E-state index contributed by atoms with van der Waals surface area (Å²) in [6.07, 6.45) is 0.877. The normalized spacial score (nSPS) is 25.5. The van der Waals surface area contributed by atoms with Crippen molar-refractivity contribution >= 4 is 5.91 Å². The van der Waals surface area contributed by atoms with Gasteiger partial charge >= 0.3 is 0 Å². The molecular formula is C14H26N2O2. The SMILES string of the molecule is CC(C)C1(C)C(O)=C(N)C(=O)N1CCC(C)(C)C. The quantitative estimate of drug-likeness (QED) is 0.812.